The molecule has 2 heterocycles. The SMILES string of the molecule is FC(F)(F)c1ccccc1Nc1nnc(SC[C@@H]2CCOCO2)s1. The number of thioether (sulfide) groups is 1. The lowest BCUT2D eigenvalue weighted by atomic mass is 10.2. The fourth-order valence-electron chi connectivity index (χ4n) is 2.07. The van der Waals surface area contributed by atoms with Gasteiger partial charge in [-0.1, -0.05) is 35.2 Å². The Morgan fingerprint density at radius 3 is 2.88 bits per heavy atom. The molecule has 1 aliphatic rings. The van der Waals surface area contributed by atoms with Crippen LogP contribution in [0, 0.1) is 0 Å². The molecule has 1 N–H and O–H groups in total. The Kier molecular flexibility index (Phi) is 5.59. The van der Waals surface area contributed by atoms with E-state index in [0.29, 0.717) is 28.6 Å². The average molecular weight is 377 g/mol. The van der Waals surface area contributed by atoms with Crippen LogP contribution in [0.2, 0.25) is 0 Å². The van der Waals surface area contributed by atoms with Gasteiger partial charge in [0.2, 0.25) is 5.13 Å². The molecule has 0 aliphatic carbocycles. The van der Waals surface area contributed by atoms with Crippen LogP contribution in [-0.2, 0) is 15.7 Å². The molecule has 1 aliphatic heterocycles. The fourth-order valence-corrected chi connectivity index (χ4v) is 3.93. The van der Waals surface area contributed by atoms with Gasteiger partial charge < -0.3 is 14.8 Å². The summed E-state index contributed by atoms with van der Waals surface area (Å²) in [5.41, 5.74) is -0.768. The number of hydrogen-bond donors (Lipinski definition) is 1. The van der Waals surface area contributed by atoms with Gasteiger partial charge in [0.05, 0.1) is 24.0 Å². The van der Waals surface area contributed by atoms with Crippen LogP contribution in [0.15, 0.2) is 28.6 Å². The second kappa shape index (κ2) is 7.68. The first-order valence-corrected chi connectivity index (χ1v) is 8.91. The van der Waals surface area contributed by atoms with E-state index >= 15 is 0 Å². The molecule has 24 heavy (non-hydrogen) atoms. The first kappa shape index (κ1) is 17.5. The molecule has 1 fully saturated rings. The quantitative estimate of drug-likeness (QED) is 0.790. The van der Waals surface area contributed by atoms with Crippen LogP contribution in [0.5, 0.6) is 0 Å². The lowest BCUT2D eigenvalue weighted by Gasteiger charge is -2.21. The van der Waals surface area contributed by atoms with Crippen LogP contribution < -0.4 is 5.32 Å². The highest BCUT2D eigenvalue weighted by atomic mass is 32.2. The number of nitrogens with zero attached hydrogens (tertiary/aromatic N) is 2. The van der Waals surface area contributed by atoms with E-state index in [1.807, 2.05) is 0 Å². The predicted molar refractivity (Wildman–Crippen MR) is 85.7 cm³/mol. The average Bonchev–Trinajstić information content (AvgIpc) is 3.01. The van der Waals surface area contributed by atoms with Crippen molar-refractivity contribution in [1.29, 1.82) is 0 Å². The molecule has 0 amide bonds. The van der Waals surface area contributed by atoms with Crippen molar-refractivity contribution in [3.63, 3.8) is 0 Å². The smallest absolute Gasteiger partial charge is 0.355 e. The normalized spacial score (nSPS) is 18.5. The molecule has 0 bridgehead atoms. The standard InChI is InChI=1S/C14H14F3N3O2S2/c15-14(16,17)10-3-1-2-4-11(10)18-12-19-20-13(24-12)23-7-9-5-6-21-8-22-9/h1-4,9H,5-8H2,(H,18,19)/t9-/m0/s1. The first-order valence-electron chi connectivity index (χ1n) is 7.11. The van der Waals surface area contributed by atoms with Gasteiger partial charge in [-0.05, 0) is 18.6 Å². The minimum absolute atomic E-state index is 0.0366. The molecule has 2 aromatic rings. The van der Waals surface area contributed by atoms with E-state index in [4.69, 9.17) is 9.47 Å². The van der Waals surface area contributed by atoms with Crippen LogP contribution in [0.25, 0.3) is 0 Å². The van der Waals surface area contributed by atoms with Gasteiger partial charge in [0, 0.05) is 5.75 Å². The van der Waals surface area contributed by atoms with Crippen LogP contribution in [0.4, 0.5) is 24.0 Å². The van der Waals surface area contributed by atoms with Crippen molar-refractivity contribution in [1.82, 2.24) is 10.2 Å². The fraction of sp³-hybridized carbons (Fsp3) is 0.429. The van der Waals surface area contributed by atoms with E-state index < -0.39 is 11.7 Å². The van der Waals surface area contributed by atoms with E-state index in [-0.39, 0.29) is 11.8 Å². The lowest BCUT2D eigenvalue weighted by Crippen LogP contribution is -2.25. The number of benzene rings is 1. The van der Waals surface area contributed by atoms with Crippen molar-refractivity contribution in [2.75, 3.05) is 24.5 Å². The van der Waals surface area contributed by atoms with Crippen LogP contribution in [0.3, 0.4) is 0 Å². The maximum Gasteiger partial charge on any atom is 0.418 e. The molecular formula is C14H14F3N3O2S2. The van der Waals surface area contributed by atoms with E-state index in [9.17, 15) is 13.2 Å². The highest BCUT2D eigenvalue weighted by molar-refractivity contribution is 8.01. The Hall–Kier alpha value is -1.36. The minimum Gasteiger partial charge on any atom is -0.355 e. The number of rotatable bonds is 5. The molecule has 5 nitrogen and oxygen atoms in total. The van der Waals surface area contributed by atoms with E-state index in [1.54, 1.807) is 0 Å². The number of aromatic nitrogens is 2. The maximum atomic E-state index is 13.0. The van der Waals surface area contributed by atoms with Gasteiger partial charge in [-0.15, -0.1) is 10.2 Å². The maximum absolute atomic E-state index is 13.0. The Labute approximate surface area is 144 Å². The molecule has 1 aromatic heterocycles. The number of para-hydroxylation sites is 1. The van der Waals surface area contributed by atoms with Gasteiger partial charge >= 0.3 is 6.18 Å². The first-order chi connectivity index (χ1) is 11.5. The number of hydrogen-bond acceptors (Lipinski definition) is 7. The van der Waals surface area contributed by atoms with Crippen molar-refractivity contribution >= 4 is 33.9 Å². The Bertz CT molecular complexity index is 675. The van der Waals surface area contributed by atoms with Gasteiger partial charge in [-0.3, -0.25) is 0 Å². The summed E-state index contributed by atoms with van der Waals surface area (Å²) in [6.45, 7) is 0.963. The Morgan fingerprint density at radius 2 is 2.12 bits per heavy atom. The summed E-state index contributed by atoms with van der Waals surface area (Å²) >= 11 is 2.68. The summed E-state index contributed by atoms with van der Waals surface area (Å²) in [6, 6.07) is 5.29. The second-order valence-corrected chi connectivity index (χ2v) is 7.20. The molecule has 0 unspecified atom stereocenters. The molecule has 1 atom stereocenters. The van der Waals surface area contributed by atoms with E-state index in [1.165, 1.54) is 41.3 Å². The molecule has 0 radical (unpaired) electrons. The highest BCUT2D eigenvalue weighted by Gasteiger charge is 2.33. The molecular weight excluding hydrogens is 363 g/mol. The van der Waals surface area contributed by atoms with E-state index in [2.05, 4.69) is 15.5 Å². The zero-order valence-electron chi connectivity index (χ0n) is 12.4. The molecule has 130 valence electrons. The van der Waals surface area contributed by atoms with Crippen molar-refractivity contribution in [3.8, 4) is 0 Å². The minimum atomic E-state index is -4.42. The van der Waals surface area contributed by atoms with Crippen LogP contribution in [0.1, 0.15) is 12.0 Å². The summed E-state index contributed by atoms with van der Waals surface area (Å²) in [4.78, 5) is 0. The summed E-state index contributed by atoms with van der Waals surface area (Å²) < 4.78 is 50.2. The number of ether oxygens (including phenoxy) is 2. The van der Waals surface area contributed by atoms with Gasteiger partial charge in [0.15, 0.2) is 4.34 Å². The van der Waals surface area contributed by atoms with Gasteiger partial charge in [-0.25, -0.2) is 0 Å². The molecule has 3 rings (SSSR count). The molecule has 10 heteroatoms. The van der Waals surface area contributed by atoms with Crippen molar-refractivity contribution in [2.45, 2.75) is 23.0 Å². The largest absolute Gasteiger partial charge is 0.418 e. The number of alkyl halides is 3. The summed E-state index contributed by atoms with van der Waals surface area (Å²) in [7, 11) is 0. The van der Waals surface area contributed by atoms with Crippen molar-refractivity contribution in [2.24, 2.45) is 0 Å². The van der Waals surface area contributed by atoms with Crippen LogP contribution in [-0.4, -0.2) is 35.5 Å². The molecule has 1 aromatic carbocycles. The third-order valence-corrected chi connectivity index (χ3v) is 5.35. The van der Waals surface area contributed by atoms with Gasteiger partial charge in [0.1, 0.15) is 6.79 Å². The number of halogens is 3. The number of anilines is 2. The Balaban J connectivity index is 1.62. The summed E-state index contributed by atoms with van der Waals surface area (Å²) in [5, 5.41) is 10.9. The third kappa shape index (κ3) is 4.59. The molecule has 0 saturated carbocycles. The predicted octanol–water partition coefficient (Wildman–Crippen LogP) is 4.16. The lowest BCUT2D eigenvalue weighted by molar-refractivity contribution is -0.136. The third-order valence-electron chi connectivity index (χ3n) is 3.24. The van der Waals surface area contributed by atoms with Crippen molar-refractivity contribution < 1.29 is 22.6 Å². The summed E-state index contributed by atoms with van der Waals surface area (Å²) in [5.74, 6) is 0.705. The topological polar surface area (TPSA) is 56.3 Å². The highest BCUT2D eigenvalue weighted by Crippen LogP contribution is 2.37. The van der Waals surface area contributed by atoms with Gasteiger partial charge in [0.25, 0.3) is 0 Å². The number of nitrogens with one attached hydrogen (secondary N) is 1. The zero-order valence-corrected chi connectivity index (χ0v) is 14.0. The van der Waals surface area contributed by atoms with Gasteiger partial charge in [-0.2, -0.15) is 13.2 Å². The monoisotopic (exact) mass is 377 g/mol. The van der Waals surface area contributed by atoms with E-state index in [0.717, 1.165) is 12.5 Å². The second-order valence-electron chi connectivity index (χ2n) is 4.96. The van der Waals surface area contributed by atoms with Crippen molar-refractivity contribution in [3.05, 3.63) is 29.8 Å². The zero-order chi connectivity index (χ0) is 17.0. The molecule has 0 spiro atoms. The Morgan fingerprint density at radius 1 is 1.29 bits per heavy atom. The molecule has 1 saturated heterocycles. The summed E-state index contributed by atoms with van der Waals surface area (Å²) in [6.07, 6.45) is -3.52. The van der Waals surface area contributed by atoms with Crippen LogP contribution >= 0.6 is 23.1 Å².